The second-order valence-corrected chi connectivity index (χ2v) is 4.66. The van der Waals surface area contributed by atoms with Gasteiger partial charge in [0.2, 0.25) is 0 Å². The van der Waals surface area contributed by atoms with Crippen molar-refractivity contribution in [1.82, 2.24) is 0 Å². The lowest BCUT2D eigenvalue weighted by Crippen LogP contribution is -2.15. The van der Waals surface area contributed by atoms with Crippen molar-refractivity contribution in [1.29, 1.82) is 0 Å². The molecule has 0 aromatic heterocycles. The molecule has 0 atom stereocenters. The molecule has 4 nitrogen and oxygen atoms in total. The zero-order valence-electron chi connectivity index (χ0n) is 12.3. The molecule has 0 saturated carbocycles. The minimum atomic E-state index is -0.137. The minimum Gasteiger partial charge on any atom is -0.497 e. The van der Waals surface area contributed by atoms with E-state index in [1.54, 1.807) is 13.2 Å². The molecule has 0 heterocycles. The maximum atomic E-state index is 12.4. The Hall–Kier alpha value is -2.49. The van der Waals surface area contributed by atoms with E-state index >= 15 is 0 Å². The Morgan fingerprint density at radius 3 is 2.71 bits per heavy atom. The van der Waals surface area contributed by atoms with Crippen LogP contribution >= 0.6 is 0 Å². The van der Waals surface area contributed by atoms with Gasteiger partial charge in [-0.3, -0.25) is 4.79 Å². The summed E-state index contributed by atoms with van der Waals surface area (Å²) in [5.74, 6) is 0.577. The van der Waals surface area contributed by atoms with Gasteiger partial charge in [-0.05, 0) is 30.7 Å². The third-order valence-electron chi connectivity index (χ3n) is 3.06. The average Bonchev–Trinajstić information content (AvgIpc) is 2.53. The molecule has 0 spiro atoms. The molecule has 0 unspecified atom stereocenters. The molecule has 110 valence electrons. The molecule has 0 aliphatic carbocycles. The molecule has 0 aliphatic heterocycles. The zero-order valence-corrected chi connectivity index (χ0v) is 12.3. The van der Waals surface area contributed by atoms with Crippen molar-refractivity contribution in [3.8, 4) is 5.75 Å². The second kappa shape index (κ2) is 7.33. The Morgan fingerprint density at radius 1 is 1.14 bits per heavy atom. The lowest BCUT2D eigenvalue weighted by Gasteiger charge is -2.12. The minimum absolute atomic E-state index is 0.137. The number of carbonyl (C=O) groups is 1. The average molecular weight is 284 g/mol. The van der Waals surface area contributed by atoms with Crippen LogP contribution in [-0.4, -0.2) is 19.6 Å². The van der Waals surface area contributed by atoms with E-state index in [9.17, 15) is 4.79 Å². The molecule has 0 aliphatic rings. The molecule has 0 saturated heterocycles. The summed E-state index contributed by atoms with van der Waals surface area (Å²) in [6, 6.07) is 14.8. The number of ether oxygens (including phenoxy) is 1. The van der Waals surface area contributed by atoms with E-state index in [0.29, 0.717) is 17.0 Å². The fraction of sp³-hybridized carbons (Fsp3) is 0.235. The van der Waals surface area contributed by atoms with Gasteiger partial charge in [-0.1, -0.05) is 25.1 Å². The molecule has 1 amide bonds. The first kappa shape index (κ1) is 14.9. The Kier molecular flexibility index (Phi) is 5.21. The predicted molar refractivity (Wildman–Crippen MR) is 86.2 cm³/mol. The fourth-order valence-corrected chi connectivity index (χ4v) is 1.99. The van der Waals surface area contributed by atoms with Crippen molar-refractivity contribution in [3.05, 3.63) is 54.1 Å². The number of methoxy groups -OCH3 is 1. The summed E-state index contributed by atoms with van der Waals surface area (Å²) >= 11 is 0. The Morgan fingerprint density at radius 2 is 1.95 bits per heavy atom. The first-order valence-electron chi connectivity index (χ1n) is 7.03. The van der Waals surface area contributed by atoms with Crippen LogP contribution in [0.15, 0.2) is 48.5 Å². The maximum absolute atomic E-state index is 12.4. The van der Waals surface area contributed by atoms with E-state index in [0.717, 1.165) is 18.7 Å². The van der Waals surface area contributed by atoms with Crippen molar-refractivity contribution in [2.45, 2.75) is 13.3 Å². The molecule has 2 N–H and O–H groups in total. The van der Waals surface area contributed by atoms with Crippen LogP contribution in [-0.2, 0) is 0 Å². The largest absolute Gasteiger partial charge is 0.497 e. The van der Waals surface area contributed by atoms with Crippen molar-refractivity contribution in [2.24, 2.45) is 0 Å². The van der Waals surface area contributed by atoms with Gasteiger partial charge in [0, 0.05) is 24.0 Å². The Bertz CT molecular complexity index is 611. The lowest BCUT2D eigenvalue weighted by molar-refractivity contribution is 0.102. The summed E-state index contributed by atoms with van der Waals surface area (Å²) in [5.41, 5.74) is 2.19. The van der Waals surface area contributed by atoms with Crippen LogP contribution < -0.4 is 15.4 Å². The number of amides is 1. The number of hydrogen-bond acceptors (Lipinski definition) is 3. The van der Waals surface area contributed by atoms with Gasteiger partial charge in [0.15, 0.2) is 0 Å². The standard InChI is InChI=1S/C17H20N2O2/c1-3-11-18-16-10-5-4-9-15(16)17(20)19-13-7-6-8-14(12-13)21-2/h4-10,12,18H,3,11H2,1-2H3,(H,19,20). The Balaban J connectivity index is 2.16. The van der Waals surface area contributed by atoms with Gasteiger partial charge < -0.3 is 15.4 Å². The number of benzene rings is 2. The summed E-state index contributed by atoms with van der Waals surface area (Å²) in [5, 5.41) is 6.16. The van der Waals surface area contributed by atoms with E-state index in [2.05, 4.69) is 17.6 Å². The number of hydrogen-bond donors (Lipinski definition) is 2. The van der Waals surface area contributed by atoms with Gasteiger partial charge in [0.05, 0.1) is 12.7 Å². The molecule has 21 heavy (non-hydrogen) atoms. The first-order chi connectivity index (χ1) is 10.2. The smallest absolute Gasteiger partial charge is 0.257 e. The van der Waals surface area contributed by atoms with Crippen molar-refractivity contribution in [2.75, 3.05) is 24.3 Å². The molecule has 2 aromatic carbocycles. The SMILES string of the molecule is CCCNc1ccccc1C(=O)Nc1cccc(OC)c1. The lowest BCUT2D eigenvalue weighted by atomic mass is 10.1. The molecule has 2 aromatic rings. The third kappa shape index (κ3) is 3.99. The highest BCUT2D eigenvalue weighted by Gasteiger charge is 2.11. The summed E-state index contributed by atoms with van der Waals surface area (Å²) in [4.78, 5) is 12.4. The number of carbonyl (C=O) groups excluding carboxylic acids is 1. The maximum Gasteiger partial charge on any atom is 0.257 e. The first-order valence-corrected chi connectivity index (χ1v) is 7.03. The highest BCUT2D eigenvalue weighted by Crippen LogP contribution is 2.20. The quantitative estimate of drug-likeness (QED) is 0.849. The number of nitrogens with one attached hydrogen (secondary N) is 2. The summed E-state index contributed by atoms with van der Waals surface area (Å²) in [7, 11) is 1.60. The van der Waals surface area contributed by atoms with Crippen molar-refractivity contribution >= 4 is 17.3 Å². The number of para-hydroxylation sites is 1. The van der Waals surface area contributed by atoms with E-state index in [1.807, 2.05) is 42.5 Å². The highest BCUT2D eigenvalue weighted by molar-refractivity contribution is 6.08. The molecule has 0 bridgehead atoms. The monoisotopic (exact) mass is 284 g/mol. The van der Waals surface area contributed by atoms with Gasteiger partial charge in [0.1, 0.15) is 5.75 Å². The number of rotatable bonds is 6. The summed E-state index contributed by atoms with van der Waals surface area (Å²) in [6.45, 7) is 2.93. The van der Waals surface area contributed by atoms with Crippen molar-refractivity contribution in [3.63, 3.8) is 0 Å². The van der Waals surface area contributed by atoms with Crippen LogP contribution in [0.3, 0.4) is 0 Å². The Labute approximate surface area is 125 Å². The van der Waals surface area contributed by atoms with E-state index in [-0.39, 0.29) is 5.91 Å². The van der Waals surface area contributed by atoms with Gasteiger partial charge in [0.25, 0.3) is 5.91 Å². The van der Waals surface area contributed by atoms with Crippen LogP contribution in [0.5, 0.6) is 5.75 Å². The van der Waals surface area contributed by atoms with Gasteiger partial charge in [-0.2, -0.15) is 0 Å². The molecule has 4 heteroatoms. The predicted octanol–water partition coefficient (Wildman–Crippen LogP) is 3.77. The number of anilines is 2. The van der Waals surface area contributed by atoms with Crippen LogP contribution in [0, 0.1) is 0 Å². The van der Waals surface area contributed by atoms with E-state index in [1.165, 1.54) is 0 Å². The van der Waals surface area contributed by atoms with E-state index in [4.69, 9.17) is 4.74 Å². The van der Waals surface area contributed by atoms with E-state index < -0.39 is 0 Å². The second-order valence-electron chi connectivity index (χ2n) is 4.66. The molecule has 2 rings (SSSR count). The fourth-order valence-electron chi connectivity index (χ4n) is 1.99. The van der Waals surface area contributed by atoms with Crippen LogP contribution in [0.1, 0.15) is 23.7 Å². The van der Waals surface area contributed by atoms with Gasteiger partial charge in [-0.25, -0.2) is 0 Å². The molecular formula is C17H20N2O2. The summed E-state index contributed by atoms with van der Waals surface area (Å²) < 4.78 is 5.16. The summed E-state index contributed by atoms with van der Waals surface area (Å²) in [6.07, 6.45) is 1.01. The highest BCUT2D eigenvalue weighted by atomic mass is 16.5. The van der Waals surface area contributed by atoms with Gasteiger partial charge >= 0.3 is 0 Å². The van der Waals surface area contributed by atoms with Crippen LogP contribution in [0.4, 0.5) is 11.4 Å². The normalized spacial score (nSPS) is 10.0. The zero-order chi connectivity index (χ0) is 15.1. The third-order valence-corrected chi connectivity index (χ3v) is 3.06. The van der Waals surface area contributed by atoms with Crippen LogP contribution in [0.2, 0.25) is 0 Å². The molecule has 0 radical (unpaired) electrons. The van der Waals surface area contributed by atoms with Crippen LogP contribution in [0.25, 0.3) is 0 Å². The molecular weight excluding hydrogens is 264 g/mol. The topological polar surface area (TPSA) is 50.4 Å². The molecule has 0 fully saturated rings. The van der Waals surface area contributed by atoms with Crippen molar-refractivity contribution < 1.29 is 9.53 Å². The van der Waals surface area contributed by atoms with Gasteiger partial charge in [-0.15, -0.1) is 0 Å².